The van der Waals surface area contributed by atoms with Crippen LogP contribution in [0.5, 0.6) is 23.0 Å². The zero-order chi connectivity index (χ0) is 20.8. The minimum absolute atomic E-state index is 0.287. The van der Waals surface area contributed by atoms with Gasteiger partial charge in [0.2, 0.25) is 0 Å². The Hall–Kier alpha value is -0.763. The van der Waals surface area contributed by atoms with Crippen LogP contribution in [0.3, 0.4) is 0 Å². The fourth-order valence-electron chi connectivity index (χ4n) is 2.32. The number of phenolic OH excluding ortho intramolecular Hbond substituents is 2. The van der Waals surface area contributed by atoms with Gasteiger partial charge >= 0.3 is 185 Å². The van der Waals surface area contributed by atoms with Gasteiger partial charge in [0.25, 0.3) is 0 Å². The minimum atomic E-state index is -0.906. The van der Waals surface area contributed by atoms with Crippen LogP contribution in [0.15, 0.2) is 48.5 Å². The first-order chi connectivity index (χ1) is 13.4. The maximum atomic E-state index is 9.05. The first-order valence-electron chi connectivity index (χ1n) is 9.78. The number of benzene rings is 2. The summed E-state index contributed by atoms with van der Waals surface area (Å²) >= 11 is -1.81. The van der Waals surface area contributed by atoms with Crippen LogP contribution in [0, 0.1) is 0 Å². The summed E-state index contributed by atoms with van der Waals surface area (Å²) in [5.74, 6) is 2.27. The second-order valence-electron chi connectivity index (χ2n) is 7.31. The number of aromatic hydroxyl groups is 2. The molecule has 6 heteroatoms. The summed E-state index contributed by atoms with van der Waals surface area (Å²) in [7, 11) is 0. The van der Waals surface area contributed by atoms with Gasteiger partial charge < -0.3 is 0 Å². The number of rotatable bonds is 10. The molecule has 0 spiro atoms. The van der Waals surface area contributed by atoms with Gasteiger partial charge in [-0.2, -0.15) is 0 Å². The molecule has 2 aromatic carbocycles. The molecule has 2 N–H and O–H groups in total. The van der Waals surface area contributed by atoms with Crippen LogP contribution in [-0.4, -0.2) is 62.9 Å². The Labute approximate surface area is 184 Å². The van der Waals surface area contributed by atoms with Crippen molar-refractivity contribution >= 4 is 39.5 Å². The van der Waals surface area contributed by atoms with Crippen molar-refractivity contribution in [1.82, 2.24) is 0 Å². The monoisotopic (exact) mass is 602 g/mol. The maximum absolute atomic E-state index is 9.05. The topological polar surface area (TPSA) is 58.9 Å². The Morgan fingerprint density at radius 2 is 0.929 bits per heavy atom. The summed E-state index contributed by atoms with van der Waals surface area (Å²) in [6, 6.07) is 13.8. The molecule has 0 saturated heterocycles. The average molecular weight is 600 g/mol. The van der Waals surface area contributed by atoms with Crippen molar-refractivity contribution in [1.29, 1.82) is 0 Å². The van der Waals surface area contributed by atoms with E-state index in [-0.39, 0.29) is 11.5 Å². The van der Waals surface area contributed by atoms with E-state index in [1.54, 1.807) is 48.5 Å². The van der Waals surface area contributed by atoms with Crippen LogP contribution in [0.25, 0.3) is 0 Å². The van der Waals surface area contributed by atoms with Crippen molar-refractivity contribution in [2.45, 2.75) is 41.5 Å². The fourth-order valence-corrected chi connectivity index (χ4v) is 7.18. The molecule has 2 radical (unpaired) electrons. The van der Waals surface area contributed by atoms with E-state index >= 15 is 0 Å². The molecule has 0 aromatic heterocycles. The van der Waals surface area contributed by atoms with Crippen LogP contribution in [0.4, 0.5) is 0 Å². The van der Waals surface area contributed by atoms with Crippen molar-refractivity contribution in [2.75, 3.05) is 13.2 Å². The van der Waals surface area contributed by atoms with Gasteiger partial charge in [0.1, 0.15) is 0 Å². The van der Waals surface area contributed by atoms with Crippen molar-refractivity contribution in [3.05, 3.63) is 48.5 Å². The first-order valence-corrected chi connectivity index (χ1v) is 25.2. The van der Waals surface area contributed by atoms with E-state index in [0.29, 0.717) is 0 Å². The van der Waals surface area contributed by atoms with E-state index in [1.165, 1.54) is 21.7 Å². The Morgan fingerprint density at radius 3 is 1.21 bits per heavy atom. The molecule has 154 valence electrons. The van der Waals surface area contributed by atoms with Gasteiger partial charge in [0.05, 0.1) is 0 Å². The van der Waals surface area contributed by atoms with Gasteiger partial charge in [0.15, 0.2) is 0 Å². The molecule has 0 aliphatic carbocycles. The van der Waals surface area contributed by atoms with Gasteiger partial charge in [-0.25, -0.2) is 0 Å². The third kappa shape index (κ3) is 13.4. The quantitative estimate of drug-likeness (QED) is 0.267. The first kappa shape index (κ1) is 25.3. The zero-order valence-corrected chi connectivity index (χ0v) is 23.3. The number of phenols is 2. The second-order valence-corrected chi connectivity index (χ2v) is 23.9. The van der Waals surface area contributed by atoms with E-state index in [2.05, 4.69) is 19.8 Å². The Balaban J connectivity index is 0.000000280. The normalized spacial score (nSPS) is 10.5. The SMILES string of the molecule is [CH3][Sn]([CH3])[CH2]CCOc1ccc(O)cc1.[CH3][Sn]([CH3])[CH2]CCOc1ccc(O)cc1. The van der Waals surface area contributed by atoms with Crippen molar-refractivity contribution in [2.24, 2.45) is 0 Å². The molecule has 0 amide bonds. The second kappa shape index (κ2) is 15.1. The molecule has 0 unspecified atom stereocenters. The Morgan fingerprint density at radius 1 is 0.607 bits per heavy atom. The predicted molar refractivity (Wildman–Crippen MR) is 121 cm³/mol. The average Bonchev–Trinajstić information content (AvgIpc) is 2.65. The third-order valence-corrected chi connectivity index (χ3v) is 11.6. The molecule has 4 nitrogen and oxygen atoms in total. The summed E-state index contributed by atoms with van der Waals surface area (Å²) in [6.45, 7) is 1.60. The van der Waals surface area contributed by atoms with Crippen LogP contribution in [0.2, 0.25) is 28.6 Å². The standard InChI is InChI=1S/2C9H11O2.4CH3.2Sn/c2*1-2-7-11-9-5-3-8(10)4-6-9;;;;;;/h2*3-6,10H,1-2,7H2;4*1H3;;. The van der Waals surface area contributed by atoms with Crippen LogP contribution < -0.4 is 9.47 Å². The van der Waals surface area contributed by atoms with Crippen molar-refractivity contribution in [3.63, 3.8) is 0 Å². The van der Waals surface area contributed by atoms with E-state index in [1.807, 2.05) is 0 Å². The zero-order valence-electron chi connectivity index (χ0n) is 17.6. The number of hydrogen-bond donors (Lipinski definition) is 2. The molecule has 0 aliphatic heterocycles. The number of ether oxygens (including phenoxy) is 2. The molecule has 28 heavy (non-hydrogen) atoms. The summed E-state index contributed by atoms with van der Waals surface area (Å²) < 4.78 is 13.8. The van der Waals surface area contributed by atoms with E-state index in [9.17, 15) is 0 Å². The Kier molecular flexibility index (Phi) is 13.7. The molecule has 0 aliphatic rings. The van der Waals surface area contributed by atoms with Crippen LogP contribution >= 0.6 is 0 Å². The van der Waals surface area contributed by atoms with Gasteiger partial charge in [-0.15, -0.1) is 0 Å². The molecule has 0 heterocycles. The predicted octanol–water partition coefficient (Wildman–Crippen LogP) is 5.83. The molecule has 0 saturated carbocycles. The molecular formula is C22H34O4Sn2. The van der Waals surface area contributed by atoms with Gasteiger partial charge in [-0.3, -0.25) is 0 Å². The van der Waals surface area contributed by atoms with Gasteiger partial charge in [-0.05, 0) is 0 Å². The van der Waals surface area contributed by atoms with Crippen molar-refractivity contribution in [3.8, 4) is 23.0 Å². The molecular weight excluding hydrogens is 566 g/mol. The number of hydrogen-bond acceptors (Lipinski definition) is 4. The summed E-state index contributed by atoms with van der Waals surface area (Å²) in [5.41, 5.74) is 0. The molecule has 0 atom stereocenters. The Bertz CT molecular complexity index is 570. The van der Waals surface area contributed by atoms with E-state index in [4.69, 9.17) is 19.7 Å². The summed E-state index contributed by atoms with van der Waals surface area (Å²) in [5, 5.41) is 18.1. The third-order valence-electron chi connectivity index (χ3n) is 3.85. The molecule has 0 fully saturated rings. The van der Waals surface area contributed by atoms with E-state index in [0.717, 1.165) is 24.7 Å². The van der Waals surface area contributed by atoms with Gasteiger partial charge in [-0.1, -0.05) is 0 Å². The van der Waals surface area contributed by atoms with E-state index < -0.39 is 39.5 Å². The summed E-state index contributed by atoms with van der Waals surface area (Å²) in [4.78, 5) is 9.62. The fraction of sp³-hybridized carbons (Fsp3) is 0.455. The summed E-state index contributed by atoms with van der Waals surface area (Å²) in [6.07, 6.45) is 2.34. The van der Waals surface area contributed by atoms with Crippen molar-refractivity contribution < 1.29 is 19.7 Å². The molecule has 2 rings (SSSR count). The molecule has 0 bridgehead atoms. The molecule has 2 aromatic rings. The van der Waals surface area contributed by atoms with Crippen LogP contribution in [-0.2, 0) is 0 Å². The van der Waals surface area contributed by atoms with Gasteiger partial charge in [0, 0.05) is 0 Å². The van der Waals surface area contributed by atoms with Crippen LogP contribution in [0.1, 0.15) is 12.8 Å².